The molecule has 2 aromatic rings. The number of carbonyl (C=O) groups excluding carboxylic acids is 2. The van der Waals surface area contributed by atoms with E-state index in [1.54, 1.807) is 30.3 Å². The first-order valence-electron chi connectivity index (χ1n) is 7.86. The van der Waals surface area contributed by atoms with E-state index in [9.17, 15) is 14.0 Å². The van der Waals surface area contributed by atoms with Gasteiger partial charge in [0.25, 0.3) is 5.91 Å². The summed E-state index contributed by atoms with van der Waals surface area (Å²) < 4.78 is 18.4. The van der Waals surface area contributed by atoms with Crippen LogP contribution in [-0.2, 0) is 4.79 Å². The predicted octanol–water partition coefficient (Wildman–Crippen LogP) is 3.80. The molecule has 2 rings (SSSR count). The maximum atomic E-state index is 13.0. The molecule has 0 unspecified atom stereocenters. The largest absolute Gasteiger partial charge is 0.489 e. The zero-order valence-corrected chi connectivity index (χ0v) is 14.7. The lowest BCUT2D eigenvalue weighted by atomic mass is 10.2. The van der Waals surface area contributed by atoms with Crippen LogP contribution in [0.2, 0.25) is 5.02 Å². The lowest BCUT2D eigenvalue weighted by Crippen LogP contribution is -2.27. The Balaban J connectivity index is 1.81. The van der Waals surface area contributed by atoms with Crippen molar-refractivity contribution in [2.45, 2.75) is 6.42 Å². The van der Waals surface area contributed by atoms with Gasteiger partial charge in [-0.3, -0.25) is 9.59 Å². The molecular weight excluding hydrogens is 359 g/mol. The smallest absolute Gasteiger partial charge is 0.252 e. The molecule has 0 aromatic heterocycles. The van der Waals surface area contributed by atoms with E-state index in [4.69, 9.17) is 16.3 Å². The number of benzene rings is 2. The molecule has 2 N–H and O–H groups in total. The quantitative estimate of drug-likeness (QED) is 0.688. The summed E-state index contributed by atoms with van der Waals surface area (Å²) in [6.45, 7) is 4.06. The highest BCUT2D eigenvalue weighted by atomic mass is 35.5. The minimum absolute atomic E-state index is 0.0169. The standard InChI is InChI=1S/C19H18ClFN2O3/c1-2-10-26-15-5-3-4-14(12-15)23-18(24)8-9-22-19(25)16-7-6-13(21)11-17(16)20/h2-7,11-12H,1,8-10H2,(H,22,25)(H,23,24). The van der Waals surface area contributed by atoms with Gasteiger partial charge in [-0.1, -0.05) is 30.3 Å². The van der Waals surface area contributed by atoms with Crippen molar-refractivity contribution < 1.29 is 18.7 Å². The number of amides is 2. The maximum absolute atomic E-state index is 13.0. The Hall–Kier alpha value is -2.86. The van der Waals surface area contributed by atoms with E-state index in [0.717, 1.165) is 12.1 Å². The van der Waals surface area contributed by atoms with Crippen molar-refractivity contribution >= 4 is 29.1 Å². The second-order valence-electron chi connectivity index (χ2n) is 5.31. The van der Waals surface area contributed by atoms with Crippen molar-refractivity contribution in [1.29, 1.82) is 0 Å². The van der Waals surface area contributed by atoms with Gasteiger partial charge in [0, 0.05) is 24.7 Å². The van der Waals surface area contributed by atoms with E-state index in [-0.39, 0.29) is 29.5 Å². The van der Waals surface area contributed by atoms with Crippen LogP contribution in [0.3, 0.4) is 0 Å². The number of anilines is 1. The van der Waals surface area contributed by atoms with E-state index >= 15 is 0 Å². The first-order valence-corrected chi connectivity index (χ1v) is 8.24. The van der Waals surface area contributed by atoms with Gasteiger partial charge in [0.05, 0.1) is 10.6 Å². The summed E-state index contributed by atoms with van der Waals surface area (Å²) >= 11 is 5.83. The molecule has 26 heavy (non-hydrogen) atoms. The third-order valence-corrected chi connectivity index (χ3v) is 3.61. The van der Waals surface area contributed by atoms with Crippen LogP contribution in [-0.4, -0.2) is 25.0 Å². The second kappa shape index (κ2) is 9.58. The predicted molar refractivity (Wildman–Crippen MR) is 99.1 cm³/mol. The van der Waals surface area contributed by atoms with Crippen LogP contribution in [0.1, 0.15) is 16.8 Å². The molecule has 0 radical (unpaired) electrons. The van der Waals surface area contributed by atoms with Gasteiger partial charge in [0.2, 0.25) is 5.91 Å². The van der Waals surface area contributed by atoms with Crippen LogP contribution >= 0.6 is 11.6 Å². The molecule has 0 aliphatic rings. The van der Waals surface area contributed by atoms with Gasteiger partial charge in [0.1, 0.15) is 18.2 Å². The monoisotopic (exact) mass is 376 g/mol. The SMILES string of the molecule is C=CCOc1cccc(NC(=O)CCNC(=O)c2ccc(F)cc2Cl)c1. The molecule has 0 saturated heterocycles. The van der Waals surface area contributed by atoms with Gasteiger partial charge in [0.15, 0.2) is 0 Å². The normalized spacial score (nSPS) is 10.1. The van der Waals surface area contributed by atoms with Crippen LogP contribution < -0.4 is 15.4 Å². The molecule has 0 heterocycles. The molecule has 0 atom stereocenters. The second-order valence-corrected chi connectivity index (χ2v) is 5.71. The molecule has 5 nitrogen and oxygen atoms in total. The maximum Gasteiger partial charge on any atom is 0.252 e. The molecule has 2 aromatic carbocycles. The minimum Gasteiger partial charge on any atom is -0.489 e. The van der Waals surface area contributed by atoms with E-state index in [1.807, 2.05) is 0 Å². The number of carbonyl (C=O) groups is 2. The van der Waals surface area contributed by atoms with Crippen molar-refractivity contribution in [3.05, 3.63) is 71.5 Å². The summed E-state index contributed by atoms with van der Waals surface area (Å²) in [4.78, 5) is 24.0. The zero-order valence-electron chi connectivity index (χ0n) is 13.9. The third-order valence-electron chi connectivity index (χ3n) is 3.30. The highest BCUT2D eigenvalue weighted by Crippen LogP contribution is 2.18. The molecule has 0 aliphatic heterocycles. The molecular formula is C19H18ClFN2O3. The first kappa shape index (κ1) is 19.5. The minimum atomic E-state index is -0.523. The molecule has 0 saturated carbocycles. The van der Waals surface area contributed by atoms with Crippen molar-refractivity contribution in [3.8, 4) is 5.75 Å². The first-order chi connectivity index (χ1) is 12.5. The van der Waals surface area contributed by atoms with E-state index < -0.39 is 11.7 Å². The Kier molecular flexibility index (Phi) is 7.17. The van der Waals surface area contributed by atoms with Crippen molar-refractivity contribution in [2.24, 2.45) is 0 Å². The molecule has 0 aliphatic carbocycles. The molecule has 0 spiro atoms. The van der Waals surface area contributed by atoms with Gasteiger partial charge < -0.3 is 15.4 Å². The van der Waals surface area contributed by atoms with E-state index in [0.29, 0.717) is 18.0 Å². The average Bonchev–Trinajstić information content (AvgIpc) is 2.60. The zero-order chi connectivity index (χ0) is 18.9. The van der Waals surface area contributed by atoms with Crippen LogP contribution in [0.25, 0.3) is 0 Å². The van der Waals surface area contributed by atoms with E-state index in [1.165, 1.54) is 6.07 Å². The summed E-state index contributed by atoms with van der Waals surface area (Å²) in [6, 6.07) is 10.5. The van der Waals surface area contributed by atoms with Crippen LogP contribution in [0.4, 0.5) is 10.1 Å². The molecule has 136 valence electrons. The molecule has 0 fully saturated rings. The van der Waals surface area contributed by atoms with E-state index in [2.05, 4.69) is 17.2 Å². The van der Waals surface area contributed by atoms with Gasteiger partial charge in [-0.25, -0.2) is 4.39 Å². The van der Waals surface area contributed by atoms with Gasteiger partial charge >= 0.3 is 0 Å². The summed E-state index contributed by atoms with van der Waals surface area (Å²) in [5.41, 5.74) is 0.741. The number of hydrogen-bond donors (Lipinski definition) is 2. The number of hydrogen-bond acceptors (Lipinski definition) is 3. The van der Waals surface area contributed by atoms with Crippen LogP contribution in [0.15, 0.2) is 55.1 Å². The Labute approximate surface area is 155 Å². The highest BCUT2D eigenvalue weighted by Gasteiger charge is 2.11. The Morgan fingerprint density at radius 3 is 2.77 bits per heavy atom. The highest BCUT2D eigenvalue weighted by molar-refractivity contribution is 6.33. The average molecular weight is 377 g/mol. The summed E-state index contributed by atoms with van der Waals surface area (Å²) in [5.74, 6) is -0.647. The van der Waals surface area contributed by atoms with Crippen molar-refractivity contribution in [2.75, 3.05) is 18.5 Å². The lowest BCUT2D eigenvalue weighted by Gasteiger charge is -2.09. The van der Waals surface area contributed by atoms with Gasteiger partial charge in [-0.2, -0.15) is 0 Å². The lowest BCUT2D eigenvalue weighted by molar-refractivity contribution is -0.116. The van der Waals surface area contributed by atoms with Crippen molar-refractivity contribution in [1.82, 2.24) is 5.32 Å². The fraction of sp³-hybridized carbons (Fsp3) is 0.158. The molecule has 2 amide bonds. The third kappa shape index (κ3) is 5.89. The number of rotatable bonds is 8. The Morgan fingerprint density at radius 1 is 1.23 bits per heavy atom. The van der Waals surface area contributed by atoms with Crippen molar-refractivity contribution in [3.63, 3.8) is 0 Å². The number of halogens is 2. The van der Waals surface area contributed by atoms with Gasteiger partial charge in [-0.05, 0) is 30.3 Å². The summed E-state index contributed by atoms with van der Waals surface area (Å²) in [5, 5.41) is 5.31. The Bertz CT molecular complexity index is 811. The topological polar surface area (TPSA) is 67.4 Å². The molecule has 0 bridgehead atoms. The Morgan fingerprint density at radius 2 is 2.04 bits per heavy atom. The summed E-state index contributed by atoms with van der Waals surface area (Å²) in [7, 11) is 0. The molecule has 7 heteroatoms. The fourth-order valence-corrected chi connectivity index (χ4v) is 2.35. The fourth-order valence-electron chi connectivity index (χ4n) is 2.10. The number of nitrogens with one attached hydrogen (secondary N) is 2. The van der Waals surface area contributed by atoms with Crippen LogP contribution in [0.5, 0.6) is 5.75 Å². The van der Waals surface area contributed by atoms with Gasteiger partial charge in [-0.15, -0.1) is 0 Å². The summed E-state index contributed by atoms with van der Waals surface area (Å²) in [6.07, 6.45) is 1.70. The van der Waals surface area contributed by atoms with Crippen LogP contribution in [0, 0.1) is 5.82 Å². The number of ether oxygens (including phenoxy) is 1.